The number of aliphatic hydroxyl groups excluding tert-OH is 1. The smallest absolute Gasteiger partial charge is 0.222 e. The molecule has 144 valence electrons. The molecule has 2 aromatic rings. The summed E-state index contributed by atoms with van der Waals surface area (Å²) in [6, 6.07) is 9.56. The highest BCUT2D eigenvalue weighted by Crippen LogP contribution is 2.24. The fourth-order valence-electron chi connectivity index (χ4n) is 3.32. The molecule has 1 aliphatic rings. The zero-order chi connectivity index (χ0) is 19.2. The van der Waals surface area contributed by atoms with E-state index in [9.17, 15) is 9.90 Å². The number of nitrogens with zero attached hydrogens (tertiary/aromatic N) is 4. The second-order valence-corrected chi connectivity index (χ2v) is 6.70. The molecule has 2 N–H and O–H groups in total. The van der Waals surface area contributed by atoms with E-state index in [1.165, 1.54) is 0 Å². The maximum atomic E-state index is 11.8. The van der Waals surface area contributed by atoms with Gasteiger partial charge in [-0.1, -0.05) is 37.3 Å². The van der Waals surface area contributed by atoms with Crippen LogP contribution in [0.3, 0.4) is 0 Å². The van der Waals surface area contributed by atoms with Crippen LogP contribution in [0.1, 0.15) is 30.6 Å². The van der Waals surface area contributed by atoms with Crippen LogP contribution in [-0.2, 0) is 4.79 Å². The van der Waals surface area contributed by atoms with E-state index in [1.807, 2.05) is 49.1 Å². The second kappa shape index (κ2) is 8.81. The Kier molecular flexibility index (Phi) is 6.24. The standard InChI is InChI=1S/C20H27N5O2/c1-3-18(27)24-9-11-25(12-10-24)20-15(2)19(22-14-23-20)21-13-17(26)16-7-5-4-6-8-16/h4-8,14,17,26H,3,9-13H2,1-2H3,(H,21,22,23). The SMILES string of the molecule is CCC(=O)N1CCN(c2ncnc(NCC(O)c3ccccc3)c2C)CC1. The summed E-state index contributed by atoms with van der Waals surface area (Å²) in [5.74, 6) is 1.80. The number of hydrogen-bond donors (Lipinski definition) is 2. The van der Waals surface area contributed by atoms with Crippen LogP contribution in [0.2, 0.25) is 0 Å². The summed E-state index contributed by atoms with van der Waals surface area (Å²) in [5, 5.41) is 13.6. The van der Waals surface area contributed by atoms with E-state index in [-0.39, 0.29) is 5.91 Å². The quantitative estimate of drug-likeness (QED) is 0.810. The summed E-state index contributed by atoms with van der Waals surface area (Å²) in [7, 11) is 0. The molecule has 7 heteroatoms. The lowest BCUT2D eigenvalue weighted by atomic mass is 10.1. The Morgan fingerprint density at radius 2 is 1.89 bits per heavy atom. The number of carbonyl (C=O) groups excluding carboxylic acids is 1. The number of carbonyl (C=O) groups is 1. The van der Waals surface area contributed by atoms with Crippen molar-refractivity contribution < 1.29 is 9.90 Å². The number of aromatic nitrogens is 2. The number of hydrogen-bond acceptors (Lipinski definition) is 6. The summed E-state index contributed by atoms with van der Waals surface area (Å²) in [6.45, 7) is 7.20. The maximum Gasteiger partial charge on any atom is 0.222 e. The molecule has 1 saturated heterocycles. The molecule has 0 saturated carbocycles. The van der Waals surface area contributed by atoms with Crippen LogP contribution in [0.4, 0.5) is 11.6 Å². The number of piperazine rings is 1. The molecular formula is C20H27N5O2. The predicted octanol–water partition coefficient (Wildman–Crippen LogP) is 1.99. The van der Waals surface area contributed by atoms with Crippen LogP contribution in [0.25, 0.3) is 0 Å². The van der Waals surface area contributed by atoms with Gasteiger partial charge in [0.25, 0.3) is 0 Å². The minimum absolute atomic E-state index is 0.200. The Morgan fingerprint density at radius 3 is 2.56 bits per heavy atom. The van der Waals surface area contributed by atoms with Gasteiger partial charge in [0.1, 0.15) is 18.0 Å². The van der Waals surface area contributed by atoms with Gasteiger partial charge in [-0.2, -0.15) is 0 Å². The zero-order valence-corrected chi connectivity index (χ0v) is 15.9. The highest BCUT2D eigenvalue weighted by atomic mass is 16.3. The van der Waals surface area contributed by atoms with Crippen molar-refractivity contribution in [2.45, 2.75) is 26.4 Å². The molecule has 7 nitrogen and oxygen atoms in total. The average molecular weight is 369 g/mol. The topological polar surface area (TPSA) is 81.6 Å². The Bertz CT molecular complexity index is 760. The lowest BCUT2D eigenvalue weighted by Crippen LogP contribution is -2.49. The van der Waals surface area contributed by atoms with Crippen molar-refractivity contribution in [3.8, 4) is 0 Å². The van der Waals surface area contributed by atoms with Gasteiger partial charge in [-0.3, -0.25) is 4.79 Å². The van der Waals surface area contributed by atoms with Crippen LogP contribution in [-0.4, -0.2) is 58.6 Å². The average Bonchev–Trinajstić information content (AvgIpc) is 2.73. The molecule has 1 fully saturated rings. The first-order valence-corrected chi connectivity index (χ1v) is 9.41. The van der Waals surface area contributed by atoms with Gasteiger partial charge < -0.3 is 20.2 Å². The predicted molar refractivity (Wildman–Crippen MR) is 106 cm³/mol. The van der Waals surface area contributed by atoms with E-state index < -0.39 is 6.10 Å². The first-order chi connectivity index (χ1) is 13.1. The Morgan fingerprint density at radius 1 is 1.19 bits per heavy atom. The third-order valence-corrected chi connectivity index (χ3v) is 4.94. The number of aliphatic hydroxyl groups is 1. The van der Waals surface area contributed by atoms with E-state index in [1.54, 1.807) is 6.33 Å². The summed E-state index contributed by atoms with van der Waals surface area (Å²) in [6.07, 6.45) is 1.49. The van der Waals surface area contributed by atoms with Crippen LogP contribution in [0.5, 0.6) is 0 Å². The lowest BCUT2D eigenvalue weighted by molar-refractivity contribution is -0.131. The molecule has 1 unspecified atom stereocenters. The highest BCUT2D eigenvalue weighted by molar-refractivity contribution is 5.76. The van der Waals surface area contributed by atoms with Gasteiger partial charge in [-0.05, 0) is 12.5 Å². The normalized spacial score (nSPS) is 15.5. The number of nitrogens with one attached hydrogen (secondary N) is 1. The summed E-state index contributed by atoms with van der Waals surface area (Å²) in [5.41, 5.74) is 1.82. The number of amides is 1. The van der Waals surface area contributed by atoms with Crippen molar-refractivity contribution in [2.75, 3.05) is 42.9 Å². The molecule has 1 aromatic carbocycles. The highest BCUT2D eigenvalue weighted by Gasteiger charge is 2.23. The summed E-state index contributed by atoms with van der Waals surface area (Å²) in [4.78, 5) is 24.7. The first-order valence-electron chi connectivity index (χ1n) is 9.41. The van der Waals surface area contributed by atoms with Gasteiger partial charge in [0.2, 0.25) is 5.91 Å². The molecule has 0 spiro atoms. The third-order valence-electron chi connectivity index (χ3n) is 4.94. The largest absolute Gasteiger partial charge is 0.387 e. The maximum absolute atomic E-state index is 11.8. The van der Waals surface area contributed by atoms with Crippen LogP contribution >= 0.6 is 0 Å². The Hall–Kier alpha value is -2.67. The van der Waals surface area contributed by atoms with E-state index in [4.69, 9.17) is 0 Å². The summed E-state index contributed by atoms with van der Waals surface area (Å²) < 4.78 is 0. The molecule has 0 bridgehead atoms. The van der Waals surface area contributed by atoms with Gasteiger partial charge in [0.05, 0.1) is 6.10 Å². The number of rotatable bonds is 6. The Labute approximate surface area is 160 Å². The fraction of sp³-hybridized carbons (Fsp3) is 0.450. The number of anilines is 2. The Balaban J connectivity index is 1.63. The minimum atomic E-state index is -0.604. The zero-order valence-electron chi connectivity index (χ0n) is 15.9. The van der Waals surface area contributed by atoms with E-state index >= 15 is 0 Å². The van der Waals surface area contributed by atoms with Crippen molar-refractivity contribution in [3.63, 3.8) is 0 Å². The minimum Gasteiger partial charge on any atom is -0.387 e. The lowest BCUT2D eigenvalue weighted by Gasteiger charge is -2.36. The fourth-order valence-corrected chi connectivity index (χ4v) is 3.32. The van der Waals surface area contributed by atoms with Gasteiger partial charge in [0, 0.05) is 44.7 Å². The second-order valence-electron chi connectivity index (χ2n) is 6.70. The molecule has 2 heterocycles. The van der Waals surface area contributed by atoms with Crippen molar-refractivity contribution in [3.05, 3.63) is 47.8 Å². The molecule has 0 aliphatic carbocycles. The van der Waals surface area contributed by atoms with Gasteiger partial charge in [-0.25, -0.2) is 9.97 Å². The first kappa shape index (κ1) is 19.1. The monoisotopic (exact) mass is 369 g/mol. The van der Waals surface area contributed by atoms with E-state index in [0.717, 1.165) is 35.9 Å². The van der Waals surface area contributed by atoms with Crippen LogP contribution in [0, 0.1) is 6.92 Å². The van der Waals surface area contributed by atoms with Crippen molar-refractivity contribution in [2.24, 2.45) is 0 Å². The van der Waals surface area contributed by atoms with Crippen molar-refractivity contribution >= 4 is 17.5 Å². The molecule has 1 amide bonds. The van der Waals surface area contributed by atoms with Crippen molar-refractivity contribution in [1.82, 2.24) is 14.9 Å². The van der Waals surface area contributed by atoms with Gasteiger partial charge in [-0.15, -0.1) is 0 Å². The number of benzene rings is 1. The molecule has 3 rings (SSSR count). The summed E-state index contributed by atoms with van der Waals surface area (Å²) >= 11 is 0. The van der Waals surface area contributed by atoms with E-state index in [0.29, 0.717) is 26.1 Å². The molecule has 1 aliphatic heterocycles. The molecule has 1 aromatic heterocycles. The van der Waals surface area contributed by atoms with Gasteiger partial charge in [0.15, 0.2) is 0 Å². The van der Waals surface area contributed by atoms with Gasteiger partial charge >= 0.3 is 0 Å². The van der Waals surface area contributed by atoms with Crippen LogP contribution < -0.4 is 10.2 Å². The molecule has 1 atom stereocenters. The molecule has 0 radical (unpaired) electrons. The third kappa shape index (κ3) is 4.54. The molecular weight excluding hydrogens is 342 g/mol. The molecule has 27 heavy (non-hydrogen) atoms. The van der Waals surface area contributed by atoms with Crippen molar-refractivity contribution in [1.29, 1.82) is 0 Å². The van der Waals surface area contributed by atoms with E-state index in [2.05, 4.69) is 20.2 Å². The van der Waals surface area contributed by atoms with Crippen LogP contribution in [0.15, 0.2) is 36.7 Å².